The summed E-state index contributed by atoms with van der Waals surface area (Å²) in [5, 5.41) is 8.26. The smallest absolute Gasteiger partial charge is 0.312 e. The molecule has 0 saturated carbocycles. The normalized spacial score (nSPS) is 12.0. The molecule has 0 bridgehead atoms. The number of nitrogens with zero attached hydrogens (tertiary/aromatic N) is 2. The van der Waals surface area contributed by atoms with Crippen LogP contribution in [0, 0.1) is 11.8 Å². The maximum Gasteiger partial charge on any atom is 0.312 e. The van der Waals surface area contributed by atoms with Crippen molar-refractivity contribution in [3.63, 3.8) is 0 Å². The highest BCUT2D eigenvalue weighted by Crippen LogP contribution is 2.20. The molecule has 0 heterocycles. The molecule has 18 nitrogen and oxygen atoms in total. The molecule has 1 rings (SSSR count). The maximum absolute atomic E-state index is 13.6. The van der Waals surface area contributed by atoms with Crippen LogP contribution in [0.4, 0.5) is 10.5 Å². The van der Waals surface area contributed by atoms with Crippen molar-refractivity contribution in [2.75, 3.05) is 125 Å². The number of hydrogen-bond acceptors (Lipinski definition) is 14. The van der Waals surface area contributed by atoms with Gasteiger partial charge in [0.15, 0.2) is 11.7 Å². The van der Waals surface area contributed by atoms with E-state index in [0.29, 0.717) is 110 Å². The van der Waals surface area contributed by atoms with Crippen molar-refractivity contribution in [3.05, 3.63) is 54.3 Å². The summed E-state index contributed by atoms with van der Waals surface area (Å²) in [6.45, 7) is 19.0. The molecule has 0 saturated heterocycles. The zero-order valence-corrected chi connectivity index (χ0v) is 38.1. The van der Waals surface area contributed by atoms with E-state index in [1.54, 1.807) is 12.1 Å². The molecule has 0 radical (unpaired) electrons. The Hall–Kier alpha value is -3.87. The van der Waals surface area contributed by atoms with Crippen LogP contribution in [0.5, 0.6) is 0 Å². The van der Waals surface area contributed by atoms with Gasteiger partial charge in [0, 0.05) is 70.2 Å². The lowest BCUT2D eigenvalue weighted by Gasteiger charge is -2.26. The second-order valence-corrected chi connectivity index (χ2v) is 15.2. The molecule has 1 aromatic carbocycles. The molecule has 0 fully saturated rings. The number of amides is 4. The lowest BCUT2D eigenvalue weighted by molar-refractivity contribution is -0.131. The number of nitrogens with one attached hydrogen (secondary N) is 3. The van der Waals surface area contributed by atoms with E-state index >= 15 is 0 Å². The Bertz CT molecular complexity index is 1410. The number of Topliss-reactive ketones (excluding diaryl/α,β-unsaturated/α-hetero) is 1. The number of primary amides is 1. The third kappa shape index (κ3) is 28.4. The predicted octanol–water partition coefficient (Wildman–Crippen LogP) is 2.44. The first-order chi connectivity index (χ1) is 29.2. The quantitative estimate of drug-likeness (QED) is 0.0364. The number of ketones is 1. The number of carbonyl (C=O) groups is 4. The van der Waals surface area contributed by atoms with Gasteiger partial charge in [-0.2, -0.15) is 0 Å². The largest absolute Gasteiger partial charge is 0.475 e. The first-order valence-corrected chi connectivity index (χ1v) is 21.4. The number of likely N-dealkylation sites (N-methyl/N-ethyl adjacent to an activating group) is 2. The van der Waals surface area contributed by atoms with E-state index in [9.17, 15) is 19.2 Å². The number of nitrogens with two attached hydrogens (primary N) is 2. The van der Waals surface area contributed by atoms with E-state index in [4.69, 9.17) is 44.6 Å². The highest BCUT2D eigenvalue weighted by atomic mass is 31.0. The van der Waals surface area contributed by atoms with Crippen LogP contribution in [-0.4, -0.2) is 159 Å². The molecular weight excluding hydrogens is 809 g/mol. The zero-order chi connectivity index (χ0) is 45.3. The number of carbonyl (C=O) groups excluding carboxylic acids is 4. The van der Waals surface area contributed by atoms with Gasteiger partial charge >= 0.3 is 6.03 Å². The minimum Gasteiger partial charge on any atom is -0.475 e. The van der Waals surface area contributed by atoms with Crippen LogP contribution in [0.25, 0.3) is 0 Å². The Kier molecular flexibility index (Phi) is 31.4. The summed E-state index contributed by atoms with van der Waals surface area (Å²) in [6.07, 6.45) is 0.657. The average Bonchev–Trinajstić information content (AvgIpc) is 3.22. The molecule has 0 aliphatic carbocycles. The van der Waals surface area contributed by atoms with Crippen molar-refractivity contribution in [3.8, 4) is 0 Å². The molecule has 0 aliphatic rings. The Morgan fingerprint density at radius 3 is 1.77 bits per heavy atom. The van der Waals surface area contributed by atoms with Gasteiger partial charge in [0.2, 0.25) is 11.8 Å². The summed E-state index contributed by atoms with van der Waals surface area (Å²) in [5.74, 6) is -1.39. The molecule has 7 N–H and O–H groups in total. The Labute approximate surface area is 365 Å². The molecule has 0 aliphatic heterocycles. The lowest BCUT2D eigenvalue weighted by Crippen LogP contribution is -2.45. The fourth-order valence-electron chi connectivity index (χ4n) is 5.34. The van der Waals surface area contributed by atoms with Gasteiger partial charge in [-0.3, -0.25) is 14.4 Å². The Morgan fingerprint density at radius 2 is 1.28 bits per heavy atom. The fourth-order valence-corrected chi connectivity index (χ4v) is 5.47. The number of ether oxygens (including phenoxy) is 7. The molecular formula is C42H74N7O11P. The monoisotopic (exact) mass is 884 g/mol. The SMILES string of the molecule is C=C(P)N(C)CCN(C)C(=C)OCc1ccc(NC(=O)[C@H](CCCNC(N)=O)CC(=O)[C@@H](NC(=O)CCOCCOCCOCCOCCOCCOCCN)C(C)C)cc1. The van der Waals surface area contributed by atoms with Gasteiger partial charge in [0.1, 0.15) is 6.61 Å². The highest BCUT2D eigenvalue weighted by Gasteiger charge is 2.29. The van der Waals surface area contributed by atoms with Crippen LogP contribution in [-0.2, 0) is 54.1 Å². The first-order valence-electron chi connectivity index (χ1n) is 20.8. The molecule has 1 unspecified atom stereocenters. The number of benzene rings is 1. The van der Waals surface area contributed by atoms with Crippen molar-refractivity contribution in [2.24, 2.45) is 23.3 Å². The summed E-state index contributed by atoms with van der Waals surface area (Å²) in [5.41, 5.74) is 12.9. The number of hydrogen-bond donors (Lipinski definition) is 5. The van der Waals surface area contributed by atoms with Crippen molar-refractivity contribution in [2.45, 2.75) is 52.2 Å². The maximum atomic E-state index is 13.6. The van der Waals surface area contributed by atoms with E-state index in [1.165, 1.54) is 0 Å². The summed E-state index contributed by atoms with van der Waals surface area (Å²) in [6, 6.07) is 5.72. The van der Waals surface area contributed by atoms with E-state index in [1.807, 2.05) is 49.9 Å². The molecule has 0 spiro atoms. The third-order valence-corrected chi connectivity index (χ3v) is 9.53. The predicted molar refractivity (Wildman–Crippen MR) is 238 cm³/mol. The third-order valence-electron chi connectivity index (χ3n) is 9.09. The van der Waals surface area contributed by atoms with Crippen molar-refractivity contribution in [1.82, 2.24) is 20.4 Å². The van der Waals surface area contributed by atoms with Gasteiger partial charge in [-0.15, -0.1) is 0 Å². The van der Waals surface area contributed by atoms with Gasteiger partial charge in [0.25, 0.3) is 0 Å². The summed E-state index contributed by atoms with van der Waals surface area (Å²) in [4.78, 5) is 55.1. The highest BCUT2D eigenvalue weighted by molar-refractivity contribution is 7.22. The van der Waals surface area contributed by atoms with Crippen LogP contribution >= 0.6 is 9.24 Å². The minimum absolute atomic E-state index is 0.0492. The van der Waals surface area contributed by atoms with Crippen LogP contribution < -0.4 is 27.4 Å². The standard InChI is InChI=1S/C42H74N7O11P/c1-32(2)40(47-39(51)13-18-54-20-22-56-24-26-58-28-29-59-27-25-57-23-21-55-19-14-43)38(50)30-36(8-7-15-45-42(44)53)41(52)46-37-11-9-35(10-12-37)31-60-33(3)48(5)16-17-49(6)34(4)61/h9-12,32,36,40H,3-4,7-8,13-31,43,61H2,1-2,5-6H3,(H,46,52)(H,47,51)(H3,44,45,53)/t36-,40+/m1/s1. The van der Waals surface area contributed by atoms with E-state index in [-0.39, 0.29) is 56.1 Å². The van der Waals surface area contributed by atoms with Crippen LogP contribution in [0.1, 0.15) is 45.1 Å². The number of urea groups is 1. The molecule has 1 aromatic rings. The van der Waals surface area contributed by atoms with Gasteiger partial charge in [0.05, 0.1) is 85.3 Å². The van der Waals surface area contributed by atoms with Crippen LogP contribution in [0.2, 0.25) is 0 Å². The van der Waals surface area contributed by atoms with Crippen LogP contribution in [0.3, 0.4) is 0 Å². The molecule has 3 atom stereocenters. The fraction of sp³-hybridized carbons (Fsp3) is 0.667. The van der Waals surface area contributed by atoms with Gasteiger partial charge in [-0.1, -0.05) is 41.8 Å². The minimum atomic E-state index is -0.806. The molecule has 61 heavy (non-hydrogen) atoms. The number of anilines is 1. The van der Waals surface area contributed by atoms with Crippen molar-refractivity contribution < 1.29 is 52.3 Å². The molecule has 19 heteroatoms. The topological polar surface area (TPSA) is 227 Å². The Balaban J connectivity index is 2.49. The number of rotatable bonds is 39. The van der Waals surface area contributed by atoms with Crippen LogP contribution in [0.15, 0.2) is 48.7 Å². The second-order valence-electron chi connectivity index (χ2n) is 14.5. The van der Waals surface area contributed by atoms with E-state index in [2.05, 4.69) is 38.3 Å². The average molecular weight is 884 g/mol. The summed E-state index contributed by atoms with van der Waals surface area (Å²) in [7, 11) is 6.44. The van der Waals surface area contributed by atoms with E-state index in [0.717, 1.165) is 17.5 Å². The van der Waals surface area contributed by atoms with Gasteiger partial charge in [-0.05, 0) is 43.0 Å². The van der Waals surface area contributed by atoms with Gasteiger partial charge in [-0.25, -0.2) is 4.79 Å². The summed E-state index contributed by atoms with van der Waals surface area (Å²) < 4.78 is 38.4. The summed E-state index contributed by atoms with van der Waals surface area (Å²) >= 11 is 0. The molecule has 0 aromatic heterocycles. The van der Waals surface area contributed by atoms with E-state index < -0.39 is 18.0 Å². The molecule has 348 valence electrons. The first kappa shape index (κ1) is 55.1. The molecule has 4 amide bonds. The van der Waals surface area contributed by atoms with Gasteiger partial charge < -0.3 is 70.4 Å². The second kappa shape index (κ2) is 34.7. The van der Waals surface area contributed by atoms with Crippen molar-refractivity contribution >= 4 is 38.6 Å². The van der Waals surface area contributed by atoms with Crippen molar-refractivity contribution in [1.29, 1.82) is 0 Å². The Morgan fingerprint density at radius 1 is 0.770 bits per heavy atom. The zero-order valence-electron chi connectivity index (χ0n) is 36.9. The lowest BCUT2D eigenvalue weighted by atomic mass is 9.89.